The third-order valence-electron chi connectivity index (χ3n) is 8.57. The van der Waals surface area contributed by atoms with Crippen molar-refractivity contribution in [2.45, 2.75) is 102 Å². The molecule has 1 aliphatic carbocycles. The van der Waals surface area contributed by atoms with Crippen molar-refractivity contribution in [3.63, 3.8) is 0 Å². The Labute approximate surface area is 263 Å². The lowest BCUT2D eigenvalue weighted by Gasteiger charge is -2.33. The number of carbonyl (C=O) groups excluding carboxylic acids is 3. The number of allylic oxidation sites excluding steroid dienone is 1. The summed E-state index contributed by atoms with van der Waals surface area (Å²) < 4.78 is 32.8. The van der Waals surface area contributed by atoms with Crippen molar-refractivity contribution < 1.29 is 37.4 Å². The van der Waals surface area contributed by atoms with E-state index in [9.17, 15) is 32.7 Å². The normalized spacial score (nSPS) is 25.0. The monoisotopic (exact) mass is 652 g/mol. The van der Waals surface area contributed by atoms with Gasteiger partial charge < -0.3 is 25.4 Å². The first kappa shape index (κ1) is 33.9. The summed E-state index contributed by atoms with van der Waals surface area (Å²) in [5, 5.41) is 16.8. The zero-order valence-corrected chi connectivity index (χ0v) is 27.5. The van der Waals surface area contributed by atoms with Crippen LogP contribution < -0.4 is 10.6 Å². The lowest BCUT2D eigenvalue weighted by molar-refractivity contribution is -0.145. The maximum absolute atomic E-state index is 13.2. The summed E-state index contributed by atoms with van der Waals surface area (Å²) >= 11 is 1.36. The minimum atomic E-state index is -3.68. The van der Waals surface area contributed by atoms with Crippen molar-refractivity contribution in [1.82, 2.24) is 19.8 Å². The number of sulfonamides is 1. The summed E-state index contributed by atoms with van der Waals surface area (Å²) in [6.07, 6.45) is 7.50. The molecular formula is C30H44N4O8S2. The summed E-state index contributed by atoms with van der Waals surface area (Å²) in [6.45, 7) is 7.66. The number of hydrogen-bond acceptors (Lipinski definition) is 8. The number of unbranched alkanes of at least 4 members (excludes halogenated alkanes) is 3. The maximum atomic E-state index is 13.2. The second-order valence-corrected chi connectivity index (χ2v) is 15.8. The van der Waals surface area contributed by atoms with Gasteiger partial charge in [0.05, 0.1) is 11.4 Å². The number of amides is 3. The van der Waals surface area contributed by atoms with Gasteiger partial charge in [0, 0.05) is 29.3 Å². The quantitative estimate of drug-likeness (QED) is 0.216. The van der Waals surface area contributed by atoms with E-state index in [1.165, 1.54) is 20.5 Å². The summed E-state index contributed by atoms with van der Waals surface area (Å²) in [6, 6.07) is 0.735. The largest absolute Gasteiger partial charge is 0.479 e. The average molecular weight is 653 g/mol. The fourth-order valence-electron chi connectivity index (χ4n) is 5.69. The predicted octanol–water partition coefficient (Wildman–Crippen LogP) is 3.48. The van der Waals surface area contributed by atoms with E-state index in [2.05, 4.69) is 17.6 Å². The highest BCUT2D eigenvalue weighted by Crippen LogP contribution is 2.45. The van der Waals surface area contributed by atoms with Crippen molar-refractivity contribution in [1.29, 1.82) is 0 Å². The Morgan fingerprint density at radius 3 is 2.66 bits per heavy atom. The van der Waals surface area contributed by atoms with Crippen LogP contribution in [0.25, 0.3) is 0 Å². The molecule has 2 unspecified atom stereocenters. The minimum absolute atomic E-state index is 0.0385. The number of alkyl carbamates (subject to hydrolysis) is 1. The van der Waals surface area contributed by atoms with Crippen LogP contribution in [-0.4, -0.2) is 83.9 Å². The molecule has 1 aromatic heterocycles. The number of ether oxygens (including phenoxy) is 1. The van der Waals surface area contributed by atoms with Crippen LogP contribution in [0.5, 0.6) is 0 Å². The number of nitrogens with zero attached hydrogens (tertiary/aromatic N) is 2. The van der Waals surface area contributed by atoms with Crippen LogP contribution >= 0.6 is 11.3 Å². The van der Waals surface area contributed by atoms with Crippen LogP contribution in [0.15, 0.2) is 28.5 Å². The molecule has 44 heavy (non-hydrogen) atoms. The van der Waals surface area contributed by atoms with Gasteiger partial charge in [-0.3, -0.25) is 9.59 Å². The number of carbonyl (C=O) groups is 4. The number of carboxylic acids is 1. The van der Waals surface area contributed by atoms with Crippen molar-refractivity contribution in [3.8, 4) is 0 Å². The number of likely N-dealkylation sites (tertiary alicyclic amines) is 1. The van der Waals surface area contributed by atoms with Crippen molar-refractivity contribution in [3.05, 3.63) is 28.5 Å². The van der Waals surface area contributed by atoms with Gasteiger partial charge in [-0.1, -0.05) is 52.7 Å². The van der Waals surface area contributed by atoms with Crippen LogP contribution in [0.2, 0.25) is 0 Å². The molecular weight excluding hydrogens is 608 g/mol. The first-order chi connectivity index (χ1) is 20.7. The first-order valence-corrected chi connectivity index (χ1v) is 17.5. The van der Waals surface area contributed by atoms with Gasteiger partial charge in [-0.15, -0.1) is 11.3 Å². The molecule has 3 heterocycles. The van der Waals surface area contributed by atoms with Crippen LogP contribution in [0, 0.1) is 11.3 Å². The van der Waals surface area contributed by atoms with Gasteiger partial charge in [0.25, 0.3) is 0 Å². The van der Waals surface area contributed by atoms with Gasteiger partial charge in [0.1, 0.15) is 24.2 Å². The topological polar surface area (TPSA) is 162 Å². The highest BCUT2D eigenvalue weighted by Gasteiger charge is 2.61. The Morgan fingerprint density at radius 2 is 2.00 bits per heavy atom. The molecule has 2 fully saturated rings. The zero-order chi connectivity index (χ0) is 32.3. The Kier molecular flexibility index (Phi) is 10.5. The van der Waals surface area contributed by atoms with Gasteiger partial charge in [-0.05, 0) is 43.6 Å². The third kappa shape index (κ3) is 7.45. The summed E-state index contributed by atoms with van der Waals surface area (Å²) in [4.78, 5) is 53.5. The number of nitrogens with one attached hydrogen (secondary N) is 2. The SMILES string of the molecule is CCCCC/C=C\C1C[C@]1(NC(=O)[C@@H]1CCCN1C(=O)CNC(=O)OC(CN1Cc2sccc2S1(=O)=O)C(C)(C)C)C(=O)O. The molecule has 1 saturated carbocycles. The second-order valence-electron chi connectivity index (χ2n) is 12.9. The molecule has 0 spiro atoms. The fourth-order valence-corrected chi connectivity index (χ4v) is 8.60. The maximum Gasteiger partial charge on any atom is 0.407 e. The van der Waals surface area contributed by atoms with E-state index in [0.29, 0.717) is 25.8 Å². The molecule has 244 valence electrons. The second kappa shape index (κ2) is 13.6. The fraction of sp³-hybridized carbons (Fsp3) is 0.667. The van der Waals surface area contributed by atoms with E-state index in [-0.39, 0.29) is 23.9 Å². The van der Waals surface area contributed by atoms with Crippen molar-refractivity contribution >= 4 is 45.2 Å². The molecule has 14 heteroatoms. The standard InChI is InChI=1S/C30H44N4O8S2/c1-5-6-7-8-9-11-20-16-30(20,27(37)38)32-26(36)21-12-10-14-34(21)25(35)17-31-28(39)42-24(29(2,3)4)19-33-18-22-23(13-15-43-22)44(33,40)41/h9,11,13,15,20-21,24H,5-8,10,12,14,16-19H2,1-4H3,(H,31,39)(H,32,36)(H,37,38)/b11-9-/t20?,21-,24?,30+/m0/s1. The molecule has 3 aliphatic rings. The first-order valence-electron chi connectivity index (χ1n) is 15.2. The van der Waals surface area contributed by atoms with E-state index in [1.54, 1.807) is 11.4 Å². The molecule has 1 saturated heterocycles. The van der Waals surface area contributed by atoms with Crippen molar-refractivity contribution in [2.24, 2.45) is 11.3 Å². The number of fused-ring (bicyclic) bond motifs is 1. The summed E-state index contributed by atoms with van der Waals surface area (Å²) in [5.41, 5.74) is -1.97. The van der Waals surface area contributed by atoms with Crippen LogP contribution in [-0.2, 0) is 35.7 Å². The van der Waals surface area contributed by atoms with E-state index in [1.807, 2.05) is 32.9 Å². The van der Waals surface area contributed by atoms with Gasteiger partial charge >= 0.3 is 12.1 Å². The van der Waals surface area contributed by atoms with Crippen LogP contribution in [0.3, 0.4) is 0 Å². The van der Waals surface area contributed by atoms with Gasteiger partial charge in [-0.25, -0.2) is 18.0 Å². The molecule has 1 aromatic rings. The van der Waals surface area contributed by atoms with E-state index < -0.39 is 63.5 Å². The lowest BCUT2D eigenvalue weighted by atomic mass is 9.89. The highest BCUT2D eigenvalue weighted by molar-refractivity contribution is 7.89. The lowest BCUT2D eigenvalue weighted by Crippen LogP contribution is -2.54. The molecule has 0 aromatic carbocycles. The number of carboxylic acid groups (broad SMARTS) is 1. The number of thiophene rings is 1. The van der Waals surface area contributed by atoms with Crippen molar-refractivity contribution in [2.75, 3.05) is 19.6 Å². The van der Waals surface area contributed by atoms with Gasteiger partial charge in [0.15, 0.2) is 0 Å². The van der Waals surface area contributed by atoms with Gasteiger partial charge in [0.2, 0.25) is 21.8 Å². The highest BCUT2D eigenvalue weighted by atomic mass is 32.2. The molecule has 0 radical (unpaired) electrons. The smallest absolute Gasteiger partial charge is 0.407 e. The Morgan fingerprint density at radius 1 is 1.25 bits per heavy atom. The van der Waals surface area contributed by atoms with Crippen LogP contribution in [0.1, 0.15) is 77.5 Å². The molecule has 2 aliphatic heterocycles. The number of hydrogen-bond donors (Lipinski definition) is 3. The molecule has 3 amide bonds. The number of aliphatic carboxylic acids is 1. The Balaban J connectivity index is 1.30. The summed E-state index contributed by atoms with van der Waals surface area (Å²) in [7, 11) is -3.68. The molecule has 3 N–H and O–H groups in total. The van der Waals surface area contributed by atoms with Crippen LogP contribution in [0.4, 0.5) is 4.79 Å². The molecule has 4 rings (SSSR count). The summed E-state index contributed by atoms with van der Waals surface area (Å²) in [5.74, 6) is -2.41. The zero-order valence-electron chi connectivity index (χ0n) is 25.8. The predicted molar refractivity (Wildman–Crippen MR) is 164 cm³/mol. The molecule has 0 bridgehead atoms. The average Bonchev–Trinajstić information content (AvgIpc) is 3.29. The Bertz CT molecular complexity index is 1390. The Hall–Kier alpha value is -2.97. The van der Waals surface area contributed by atoms with E-state index in [4.69, 9.17) is 4.74 Å². The third-order valence-corrected chi connectivity index (χ3v) is 11.5. The minimum Gasteiger partial charge on any atom is -0.479 e. The van der Waals surface area contributed by atoms with E-state index in [0.717, 1.165) is 30.6 Å². The molecule has 4 atom stereocenters. The van der Waals surface area contributed by atoms with Gasteiger partial charge in [-0.2, -0.15) is 4.31 Å². The number of rotatable bonds is 13. The van der Waals surface area contributed by atoms with E-state index >= 15 is 0 Å². The molecule has 12 nitrogen and oxygen atoms in total.